The van der Waals surface area contributed by atoms with Crippen molar-refractivity contribution in [1.29, 1.82) is 0 Å². The summed E-state index contributed by atoms with van der Waals surface area (Å²) in [5.74, 6) is 0.613. The highest BCUT2D eigenvalue weighted by molar-refractivity contribution is 7.84. The number of rotatable bonds is 6. The number of hydrogen-bond acceptors (Lipinski definition) is 4. The fourth-order valence-corrected chi connectivity index (χ4v) is 2.79. The second kappa shape index (κ2) is 6.00. The number of unbranched alkanes of at least 4 members (excludes halogenated alkanes) is 3. The van der Waals surface area contributed by atoms with Crippen LogP contribution in [0.5, 0.6) is 0 Å². The van der Waals surface area contributed by atoms with E-state index in [0.717, 1.165) is 12.8 Å². The van der Waals surface area contributed by atoms with Gasteiger partial charge in [-0.15, -0.1) is 0 Å². The molecule has 0 aliphatic carbocycles. The van der Waals surface area contributed by atoms with Crippen LogP contribution in [0.3, 0.4) is 0 Å². The first kappa shape index (κ1) is 13.1. The molecule has 0 fully saturated rings. The van der Waals surface area contributed by atoms with Gasteiger partial charge in [-0.25, -0.2) is 9.19 Å². The van der Waals surface area contributed by atoms with Crippen molar-refractivity contribution in [2.45, 2.75) is 37.8 Å². The average Bonchev–Trinajstić information content (AvgIpc) is 2.77. The predicted octanol–water partition coefficient (Wildman–Crippen LogP) is 3.10. The standard InChI is InChI=1S/C13H18N2O2S/c1-2-3-4-5-8-18(16)13-15-11-9-10(14)6-7-12(11)17-13/h6-7,9H,2-5,8,14H2,1H3. The highest BCUT2D eigenvalue weighted by Gasteiger charge is 2.12. The van der Waals surface area contributed by atoms with Gasteiger partial charge in [0.2, 0.25) is 0 Å². The molecule has 1 atom stereocenters. The van der Waals surface area contributed by atoms with Gasteiger partial charge in [0.25, 0.3) is 5.22 Å². The summed E-state index contributed by atoms with van der Waals surface area (Å²) in [6.07, 6.45) is 4.41. The number of hydrogen-bond donors (Lipinski definition) is 1. The van der Waals surface area contributed by atoms with Crippen LogP contribution in [0.25, 0.3) is 11.1 Å². The first-order chi connectivity index (χ1) is 8.70. The molecular weight excluding hydrogens is 248 g/mol. The SMILES string of the molecule is CCCCCCS(=O)c1nc2cc(N)ccc2o1. The molecule has 98 valence electrons. The van der Waals surface area contributed by atoms with Gasteiger partial charge in [0.15, 0.2) is 5.58 Å². The van der Waals surface area contributed by atoms with E-state index in [0.29, 0.717) is 27.8 Å². The lowest BCUT2D eigenvalue weighted by Crippen LogP contribution is -1.98. The normalized spacial score (nSPS) is 12.9. The molecule has 4 nitrogen and oxygen atoms in total. The minimum atomic E-state index is -1.14. The van der Waals surface area contributed by atoms with Gasteiger partial charge in [-0.1, -0.05) is 26.2 Å². The van der Waals surface area contributed by atoms with E-state index in [-0.39, 0.29) is 0 Å². The molecule has 2 aromatic rings. The maximum atomic E-state index is 12.0. The maximum absolute atomic E-state index is 12.0. The number of anilines is 1. The second-order valence-corrected chi connectivity index (χ2v) is 5.77. The Morgan fingerprint density at radius 1 is 1.33 bits per heavy atom. The Kier molecular flexibility index (Phi) is 4.36. The molecule has 0 aliphatic rings. The first-order valence-electron chi connectivity index (χ1n) is 6.25. The van der Waals surface area contributed by atoms with E-state index in [1.807, 2.05) is 0 Å². The third kappa shape index (κ3) is 3.10. The molecule has 2 rings (SSSR count). The molecule has 0 saturated heterocycles. The van der Waals surface area contributed by atoms with E-state index in [1.54, 1.807) is 18.2 Å². The zero-order valence-electron chi connectivity index (χ0n) is 10.5. The fraction of sp³-hybridized carbons (Fsp3) is 0.462. The summed E-state index contributed by atoms with van der Waals surface area (Å²) in [4.78, 5) is 4.23. The fourth-order valence-electron chi connectivity index (χ4n) is 1.77. The summed E-state index contributed by atoms with van der Waals surface area (Å²) in [7, 11) is -1.14. The minimum absolute atomic E-state index is 0.312. The maximum Gasteiger partial charge on any atom is 0.287 e. The number of aromatic nitrogens is 1. The molecule has 0 spiro atoms. The summed E-state index contributed by atoms with van der Waals surface area (Å²) in [5, 5.41) is 0.312. The van der Waals surface area contributed by atoms with Crippen LogP contribution in [0.1, 0.15) is 32.6 Å². The molecule has 18 heavy (non-hydrogen) atoms. The lowest BCUT2D eigenvalue weighted by atomic mass is 10.2. The molecule has 0 radical (unpaired) electrons. The molecule has 0 amide bonds. The summed E-state index contributed by atoms with van der Waals surface area (Å²) in [6.45, 7) is 2.15. The molecule has 1 aromatic heterocycles. The molecule has 1 aromatic carbocycles. The Balaban J connectivity index is 2.04. The zero-order valence-corrected chi connectivity index (χ0v) is 11.3. The van der Waals surface area contributed by atoms with E-state index in [2.05, 4.69) is 11.9 Å². The number of nitrogens with zero attached hydrogens (tertiary/aromatic N) is 1. The van der Waals surface area contributed by atoms with Gasteiger partial charge in [-0.2, -0.15) is 0 Å². The Morgan fingerprint density at radius 2 is 2.17 bits per heavy atom. The van der Waals surface area contributed by atoms with Crippen LogP contribution >= 0.6 is 0 Å². The predicted molar refractivity (Wildman–Crippen MR) is 73.8 cm³/mol. The van der Waals surface area contributed by atoms with Gasteiger partial charge >= 0.3 is 0 Å². The quantitative estimate of drug-likeness (QED) is 0.644. The Labute approximate surface area is 109 Å². The monoisotopic (exact) mass is 266 g/mol. The number of oxazole rings is 1. The Hall–Kier alpha value is -1.36. The van der Waals surface area contributed by atoms with Crippen molar-refractivity contribution in [3.05, 3.63) is 18.2 Å². The largest absolute Gasteiger partial charge is 0.430 e. The van der Waals surface area contributed by atoms with Crippen molar-refractivity contribution in [2.24, 2.45) is 0 Å². The summed E-state index contributed by atoms with van der Waals surface area (Å²) in [5.41, 5.74) is 7.61. The highest BCUT2D eigenvalue weighted by Crippen LogP contribution is 2.20. The van der Waals surface area contributed by atoms with E-state index in [4.69, 9.17) is 10.2 Å². The second-order valence-electron chi connectivity index (χ2n) is 4.32. The lowest BCUT2D eigenvalue weighted by molar-refractivity contribution is 0.477. The van der Waals surface area contributed by atoms with Crippen molar-refractivity contribution in [3.63, 3.8) is 0 Å². The van der Waals surface area contributed by atoms with Gasteiger partial charge in [0, 0.05) is 11.4 Å². The average molecular weight is 266 g/mol. The minimum Gasteiger partial charge on any atom is -0.430 e. The van der Waals surface area contributed by atoms with Crippen LogP contribution in [-0.2, 0) is 10.8 Å². The molecule has 0 aliphatic heterocycles. The molecule has 0 bridgehead atoms. The van der Waals surface area contributed by atoms with Crippen LogP contribution in [0.4, 0.5) is 5.69 Å². The van der Waals surface area contributed by atoms with Crippen molar-refractivity contribution < 1.29 is 8.63 Å². The molecule has 2 N–H and O–H groups in total. The third-order valence-corrected chi connectivity index (χ3v) is 3.99. The number of nitrogen functional groups attached to an aromatic ring is 1. The molecular formula is C13H18N2O2S. The first-order valence-corrected chi connectivity index (χ1v) is 7.57. The van der Waals surface area contributed by atoms with Gasteiger partial charge < -0.3 is 10.2 Å². The number of benzene rings is 1. The molecule has 0 saturated carbocycles. The van der Waals surface area contributed by atoms with E-state index < -0.39 is 10.8 Å². The van der Waals surface area contributed by atoms with Crippen molar-refractivity contribution in [2.75, 3.05) is 11.5 Å². The van der Waals surface area contributed by atoms with Crippen molar-refractivity contribution in [3.8, 4) is 0 Å². The van der Waals surface area contributed by atoms with Crippen molar-refractivity contribution in [1.82, 2.24) is 4.98 Å². The smallest absolute Gasteiger partial charge is 0.287 e. The van der Waals surface area contributed by atoms with Crippen molar-refractivity contribution >= 4 is 27.6 Å². The number of fused-ring (bicyclic) bond motifs is 1. The Bertz CT molecular complexity index is 551. The highest BCUT2D eigenvalue weighted by atomic mass is 32.2. The van der Waals surface area contributed by atoms with Crippen LogP contribution in [0.2, 0.25) is 0 Å². The van der Waals surface area contributed by atoms with Crippen LogP contribution in [0, 0.1) is 0 Å². The van der Waals surface area contributed by atoms with E-state index in [9.17, 15) is 4.21 Å². The zero-order chi connectivity index (χ0) is 13.0. The molecule has 1 heterocycles. The van der Waals surface area contributed by atoms with E-state index in [1.165, 1.54) is 12.8 Å². The van der Waals surface area contributed by atoms with Gasteiger partial charge in [-0.05, 0) is 24.6 Å². The van der Waals surface area contributed by atoms with E-state index >= 15 is 0 Å². The molecule has 1 unspecified atom stereocenters. The van der Waals surface area contributed by atoms with Gasteiger partial charge in [0.1, 0.15) is 16.3 Å². The topological polar surface area (TPSA) is 69.1 Å². The van der Waals surface area contributed by atoms with Gasteiger partial charge in [0.05, 0.1) is 0 Å². The van der Waals surface area contributed by atoms with Gasteiger partial charge in [-0.3, -0.25) is 0 Å². The Morgan fingerprint density at radius 3 is 2.94 bits per heavy atom. The summed E-state index contributed by atoms with van der Waals surface area (Å²) < 4.78 is 17.5. The summed E-state index contributed by atoms with van der Waals surface area (Å²) >= 11 is 0. The summed E-state index contributed by atoms with van der Waals surface area (Å²) in [6, 6.07) is 5.24. The third-order valence-electron chi connectivity index (χ3n) is 2.77. The molecule has 5 heteroatoms. The van der Waals surface area contributed by atoms with Crippen LogP contribution in [-0.4, -0.2) is 14.9 Å². The number of nitrogens with two attached hydrogens (primary N) is 1. The lowest BCUT2D eigenvalue weighted by Gasteiger charge is -1.97. The van der Waals surface area contributed by atoms with Crippen LogP contribution < -0.4 is 5.73 Å². The van der Waals surface area contributed by atoms with Crippen LogP contribution in [0.15, 0.2) is 27.8 Å².